The number of anilines is 2. The van der Waals surface area contributed by atoms with E-state index in [9.17, 15) is 4.79 Å². The maximum Gasteiger partial charge on any atom is 0.270 e. The first-order valence-corrected chi connectivity index (χ1v) is 9.00. The highest BCUT2D eigenvalue weighted by molar-refractivity contribution is 9.10. The summed E-state index contributed by atoms with van der Waals surface area (Å²) in [6, 6.07) is 7.94. The maximum absolute atomic E-state index is 12.4. The van der Waals surface area contributed by atoms with Gasteiger partial charge in [0.15, 0.2) is 0 Å². The Bertz CT molecular complexity index is 757. The van der Waals surface area contributed by atoms with E-state index in [2.05, 4.69) is 36.5 Å². The summed E-state index contributed by atoms with van der Waals surface area (Å²) in [6.45, 7) is 3.90. The number of halogens is 1. The van der Waals surface area contributed by atoms with Gasteiger partial charge in [-0.05, 0) is 50.5 Å². The zero-order valence-electron chi connectivity index (χ0n) is 13.9. The van der Waals surface area contributed by atoms with Crippen molar-refractivity contribution < 1.29 is 4.79 Å². The first kappa shape index (κ1) is 16.9. The van der Waals surface area contributed by atoms with Gasteiger partial charge in [-0.25, -0.2) is 9.97 Å². The number of benzene rings is 1. The lowest BCUT2D eigenvalue weighted by molar-refractivity contribution is 0.0932. The van der Waals surface area contributed by atoms with Gasteiger partial charge in [0, 0.05) is 21.9 Å². The van der Waals surface area contributed by atoms with E-state index in [1.54, 1.807) is 6.07 Å². The minimum absolute atomic E-state index is 0.125. The van der Waals surface area contributed by atoms with Crippen molar-refractivity contribution in [3.8, 4) is 0 Å². The molecule has 2 N–H and O–H groups in total. The van der Waals surface area contributed by atoms with Gasteiger partial charge >= 0.3 is 0 Å². The van der Waals surface area contributed by atoms with Gasteiger partial charge in [0.25, 0.3) is 5.91 Å². The van der Waals surface area contributed by atoms with Gasteiger partial charge in [0.2, 0.25) is 5.95 Å². The number of hydrogen-bond donors (Lipinski definition) is 2. The molecule has 0 spiro atoms. The standard InChI is InChI=1S/C18H21BrN4O/c1-11-7-8-14(10-15(11)19)22-18-20-12(2)9-16(23-18)17(24)21-13-5-3-4-6-13/h7-10,13H,3-6H2,1-2H3,(H,21,24)(H,20,22,23). The summed E-state index contributed by atoms with van der Waals surface area (Å²) in [5.41, 5.74) is 3.20. The number of rotatable bonds is 4. The number of hydrogen-bond acceptors (Lipinski definition) is 4. The minimum Gasteiger partial charge on any atom is -0.348 e. The van der Waals surface area contributed by atoms with Crippen molar-refractivity contribution in [2.45, 2.75) is 45.6 Å². The fourth-order valence-corrected chi connectivity index (χ4v) is 3.25. The predicted molar refractivity (Wildman–Crippen MR) is 98.7 cm³/mol. The summed E-state index contributed by atoms with van der Waals surface area (Å²) < 4.78 is 1.01. The van der Waals surface area contributed by atoms with E-state index in [1.165, 1.54) is 12.8 Å². The summed E-state index contributed by atoms with van der Waals surface area (Å²) in [6.07, 6.45) is 4.47. The van der Waals surface area contributed by atoms with Crippen molar-refractivity contribution in [1.82, 2.24) is 15.3 Å². The van der Waals surface area contributed by atoms with Crippen LogP contribution >= 0.6 is 15.9 Å². The Balaban J connectivity index is 1.77. The predicted octanol–water partition coefficient (Wildman–Crippen LogP) is 4.27. The number of carbonyl (C=O) groups is 1. The third-order valence-electron chi connectivity index (χ3n) is 4.21. The van der Waals surface area contributed by atoms with Gasteiger partial charge in [0.1, 0.15) is 5.69 Å². The van der Waals surface area contributed by atoms with Gasteiger partial charge in [-0.15, -0.1) is 0 Å². The van der Waals surface area contributed by atoms with Crippen molar-refractivity contribution in [2.24, 2.45) is 0 Å². The van der Waals surface area contributed by atoms with Gasteiger partial charge in [0.05, 0.1) is 0 Å². The molecule has 5 nitrogen and oxygen atoms in total. The molecule has 1 saturated carbocycles. The molecule has 1 aromatic heterocycles. The van der Waals surface area contributed by atoms with E-state index in [0.29, 0.717) is 11.6 Å². The smallest absolute Gasteiger partial charge is 0.270 e. The summed E-state index contributed by atoms with van der Waals surface area (Å²) >= 11 is 3.52. The molecule has 126 valence electrons. The Kier molecular flexibility index (Phi) is 5.14. The Morgan fingerprint density at radius 1 is 1.17 bits per heavy atom. The molecule has 1 fully saturated rings. The quantitative estimate of drug-likeness (QED) is 0.820. The van der Waals surface area contributed by atoms with Crippen LogP contribution in [-0.4, -0.2) is 21.9 Å². The summed E-state index contributed by atoms with van der Waals surface area (Å²) in [5.74, 6) is 0.308. The van der Waals surface area contributed by atoms with Crippen LogP contribution in [0.15, 0.2) is 28.7 Å². The summed E-state index contributed by atoms with van der Waals surface area (Å²) in [7, 11) is 0. The fourth-order valence-electron chi connectivity index (χ4n) is 2.87. The van der Waals surface area contributed by atoms with Crippen LogP contribution in [0.3, 0.4) is 0 Å². The van der Waals surface area contributed by atoms with Crippen LogP contribution in [0.2, 0.25) is 0 Å². The third kappa shape index (κ3) is 4.12. The first-order valence-electron chi connectivity index (χ1n) is 8.21. The highest BCUT2D eigenvalue weighted by Gasteiger charge is 2.19. The number of nitrogens with one attached hydrogen (secondary N) is 2. The summed E-state index contributed by atoms with van der Waals surface area (Å²) in [5, 5.41) is 6.24. The van der Waals surface area contributed by atoms with Crippen molar-refractivity contribution in [2.75, 3.05) is 5.32 Å². The molecule has 0 atom stereocenters. The number of carbonyl (C=O) groups excluding carboxylic acids is 1. The molecule has 1 heterocycles. The van der Waals surface area contributed by atoms with Gasteiger partial charge < -0.3 is 10.6 Å². The molecule has 1 aliphatic rings. The van der Waals surface area contributed by atoms with E-state index in [4.69, 9.17) is 0 Å². The van der Waals surface area contributed by atoms with Crippen LogP contribution in [0.5, 0.6) is 0 Å². The highest BCUT2D eigenvalue weighted by atomic mass is 79.9. The molecular formula is C18H21BrN4O. The molecule has 0 radical (unpaired) electrons. The van der Waals surface area contributed by atoms with Crippen molar-refractivity contribution in [3.63, 3.8) is 0 Å². The van der Waals surface area contributed by atoms with E-state index in [0.717, 1.165) is 34.3 Å². The molecule has 0 saturated heterocycles. The highest BCUT2D eigenvalue weighted by Crippen LogP contribution is 2.23. The van der Waals surface area contributed by atoms with E-state index >= 15 is 0 Å². The largest absolute Gasteiger partial charge is 0.348 e. The first-order chi connectivity index (χ1) is 11.5. The Morgan fingerprint density at radius 3 is 2.62 bits per heavy atom. The molecule has 2 aromatic rings. The van der Waals surface area contributed by atoms with Crippen LogP contribution in [0.4, 0.5) is 11.6 Å². The molecule has 3 rings (SSSR count). The molecule has 0 bridgehead atoms. The second kappa shape index (κ2) is 7.30. The minimum atomic E-state index is -0.125. The van der Waals surface area contributed by atoms with Gasteiger partial charge in [-0.2, -0.15) is 0 Å². The van der Waals surface area contributed by atoms with E-state index < -0.39 is 0 Å². The van der Waals surface area contributed by atoms with E-state index in [1.807, 2.05) is 32.0 Å². The van der Waals surface area contributed by atoms with E-state index in [-0.39, 0.29) is 11.9 Å². The lowest BCUT2D eigenvalue weighted by Crippen LogP contribution is -2.33. The number of amides is 1. The summed E-state index contributed by atoms with van der Waals surface area (Å²) in [4.78, 5) is 21.2. The SMILES string of the molecule is Cc1cc(C(=O)NC2CCCC2)nc(Nc2ccc(C)c(Br)c2)n1. The van der Waals surface area contributed by atoms with Crippen LogP contribution < -0.4 is 10.6 Å². The Labute approximate surface area is 150 Å². The lowest BCUT2D eigenvalue weighted by atomic mass is 10.2. The van der Waals surface area contributed by atoms with Crippen LogP contribution in [0.25, 0.3) is 0 Å². The molecule has 1 aliphatic carbocycles. The molecule has 1 aromatic carbocycles. The fraction of sp³-hybridized carbons (Fsp3) is 0.389. The molecule has 6 heteroatoms. The molecule has 24 heavy (non-hydrogen) atoms. The zero-order valence-corrected chi connectivity index (χ0v) is 15.5. The molecule has 0 aliphatic heterocycles. The maximum atomic E-state index is 12.4. The third-order valence-corrected chi connectivity index (χ3v) is 5.06. The topological polar surface area (TPSA) is 66.9 Å². The number of aromatic nitrogens is 2. The monoisotopic (exact) mass is 388 g/mol. The normalized spacial score (nSPS) is 14.6. The Hall–Kier alpha value is -1.95. The molecular weight excluding hydrogens is 368 g/mol. The zero-order chi connectivity index (χ0) is 17.1. The number of aryl methyl sites for hydroxylation is 2. The van der Waals surface area contributed by atoms with Crippen LogP contribution in [-0.2, 0) is 0 Å². The second-order valence-electron chi connectivity index (χ2n) is 6.26. The van der Waals surface area contributed by atoms with Gasteiger partial charge in [-0.1, -0.05) is 34.8 Å². The van der Waals surface area contributed by atoms with Crippen molar-refractivity contribution in [3.05, 3.63) is 45.7 Å². The van der Waals surface area contributed by atoms with Crippen molar-refractivity contribution >= 4 is 33.5 Å². The van der Waals surface area contributed by atoms with Crippen LogP contribution in [0.1, 0.15) is 47.4 Å². The van der Waals surface area contributed by atoms with Crippen LogP contribution in [0, 0.1) is 13.8 Å². The second-order valence-corrected chi connectivity index (χ2v) is 7.12. The lowest BCUT2D eigenvalue weighted by Gasteiger charge is -2.13. The average molecular weight is 389 g/mol. The number of nitrogens with zero attached hydrogens (tertiary/aromatic N) is 2. The average Bonchev–Trinajstić information content (AvgIpc) is 3.03. The van der Waals surface area contributed by atoms with Crippen molar-refractivity contribution in [1.29, 1.82) is 0 Å². The van der Waals surface area contributed by atoms with Gasteiger partial charge in [-0.3, -0.25) is 4.79 Å². The molecule has 1 amide bonds. The molecule has 0 unspecified atom stereocenters. The Morgan fingerprint density at radius 2 is 1.92 bits per heavy atom.